The Bertz CT molecular complexity index is 198. The van der Waals surface area contributed by atoms with Crippen molar-refractivity contribution >= 4 is 0 Å². The summed E-state index contributed by atoms with van der Waals surface area (Å²) < 4.78 is 0. The summed E-state index contributed by atoms with van der Waals surface area (Å²) in [7, 11) is 0. The van der Waals surface area contributed by atoms with Gasteiger partial charge in [-0.15, -0.1) is 0 Å². The first-order chi connectivity index (χ1) is 4.47. The van der Waals surface area contributed by atoms with Crippen molar-refractivity contribution in [2.75, 3.05) is 0 Å². The number of fused-ring (bicyclic) bond motifs is 1. The lowest BCUT2D eigenvalue weighted by atomic mass is 10.1. The molecular weight excluding hydrogens is 112 g/mol. The highest BCUT2D eigenvalue weighted by atomic mass is 15.1. The maximum atomic E-state index is 3.99. The van der Waals surface area contributed by atoms with Crippen molar-refractivity contribution in [3.05, 3.63) is 24.0 Å². The van der Waals surface area contributed by atoms with Crippen LogP contribution in [0.2, 0.25) is 0 Å². The van der Waals surface area contributed by atoms with Crippen LogP contribution in [-0.4, -0.2) is 0 Å². The highest BCUT2D eigenvalue weighted by molar-refractivity contribution is 5.18. The number of azo groups is 1. The fourth-order valence-corrected chi connectivity index (χ4v) is 1.26. The number of rotatable bonds is 0. The molecule has 9 heavy (non-hydrogen) atoms. The standard InChI is InChI=1S/C7H8N2/c1-2-6-4-5-8-9-7(6)3-1/h3-6H,1-2H2. The summed E-state index contributed by atoms with van der Waals surface area (Å²) >= 11 is 0. The first-order valence-electron chi connectivity index (χ1n) is 3.24. The fourth-order valence-electron chi connectivity index (χ4n) is 1.26. The molecule has 0 amide bonds. The summed E-state index contributed by atoms with van der Waals surface area (Å²) in [5, 5.41) is 7.79. The normalized spacial score (nSPS) is 30.2. The molecule has 0 saturated carbocycles. The van der Waals surface area contributed by atoms with Gasteiger partial charge in [-0.2, -0.15) is 10.2 Å². The van der Waals surface area contributed by atoms with Crippen molar-refractivity contribution in [1.29, 1.82) is 0 Å². The van der Waals surface area contributed by atoms with E-state index in [0.29, 0.717) is 5.92 Å². The van der Waals surface area contributed by atoms with Gasteiger partial charge in [0.05, 0.1) is 5.70 Å². The predicted octanol–water partition coefficient (Wildman–Crippen LogP) is 2.26. The largest absolute Gasteiger partial charge is 0.159 e. The molecule has 0 radical (unpaired) electrons. The van der Waals surface area contributed by atoms with Gasteiger partial charge in [-0.3, -0.25) is 0 Å². The van der Waals surface area contributed by atoms with E-state index in [9.17, 15) is 0 Å². The topological polar surface area (TPSA) is 24.7 Å². The molecule has 0 aromatic heterocycles. The number of nitrogens with zero attached hydrogens (tertiary/aromatic N) is 2. The second-order valence-corrected chi connectivity index (χ2v) is 2.37. The van der Waals surface area contributed by atoms with E-state index in [0.717, 1.165) is 5.70 Å². The number of hydrogen-bond donors (Lipinski definition) is 0. The minimum atomic E-state index is 0.586. The zero-order chi connectivity index (χ0) is 6.10. The molecule has 0 saturated heterocycles. The molecule has 1 unspecified atom stereocenters. The van der Waals surface area contributed by atoms with Crippen molar-refractivity contribution < 1.29 is 0 Å². The van der Waals surface area contributed by atoms with Gasteiger partial charge in [-0.25, -0.2) is 0 Å². The van der Waals surface area contributed by atoms with Crippen molar-refractivity contribution in [1.82, 2.24) is 0 Å². The van der Waals surface area contributed by atoms with Gasteiger partial charge in [0.2, 0.25) is 0 Å². The number of allylic oxidation sites excluding steroid dienone is 2. The van der Waals surface area contributed by atoms with Crippen molar-refractivity contribution in [2.24, 2.45) is 16.1 Å². The maximum Gasteiger partial charge on any atom is 0.0660 e. The maximum absolute atomic E-state index is 3.99. The lowest BCUT2D eigenvalue weighted by Crippen LogP contribution is -1.93. The summed E-state index contributed by atoms with van der Waals surface area (Å²) in [5.74, 6) is 0.586. The molecule has 1 atom stereocenters. The van der Waals surface area contributed by atoms with Crippen LogP contribution in [0.25, 0.3) is 0 Å². The Hall–Kier alpha value is -0.920. The average molecular weight is 120 g/mol. The van der Waals surface area contributed by atoms with Crippen LogP contribution in [-0.2, 0) is 0 Å². The molecule has 0 fully saturated rings. The molecule has 2 rings (SSSR count). The average Bonchev–Trinajstić information content (AvgIpc) is 2.33. The zero-order valence-electron chi connectivity index (χ0n) is 5.12. The third-order valence-corrected chi connectivity index (χ3v) is 1.77. The van der Waals surface area contributed by atoms with Crippen molar-refractivity contribution in [2.45, 2.75) is 12.8 Å². The van der Waals surface area contributed by atoms with E-state index < -0.39 is 0 Å². The second kappa shape index (κ2) is 1.79. The Kier molecular flexibility index (Phi) is 0.979. The van der Waals surface area contributed by atoms with E-state index in [-0.39, 0.29) is 0 Å². The van der Waals surface area contributed by atoms with Crippen LogP contribution < -0.4 is 0 Å². The predicted molar refractivity (Wildman–Crippen MR) is 34.8 cm³/mol. The molecule has 0 spiro atoms. The van der Waals surface area contributed by atoms with Crippen LogP contribution in [0, 0.1) is 5.92 Å². The summed E-state index contributed by atoms with van der Waals surface area (Å²) in [6, 6.07) is 0. The van der Waals surface area contributed by atoms with Gasteiger partial charge in [0.15, 0.2) is 0 Å². The second-order valence-electron chi connectivity index (χ2n) is 2.37. The fraction of sp³-hybridized carbons (Fsp3) is 0.429. The molecular formula is C7H8N2. The van der Waals surface area contributed by atoms with Gasteiger partial charge in [-0.1, -0.05) is 12.2 Å². The first-order valence-corrected chi connectivity index (χ1v) is 3.24. The monoisotopic (exact) mass is 120 g/mol. The van der Waals surface area contributed by atoms with Crippen LogP contribution >= 0.6 is 0 Å². The molecule has 1 aliphatic heterocycles. The van der Waals surface area contributed by atoms with E-state index in [1.54, 1.807) is 6.20 Å². The van der Waals surface area contributed by atoms with Crippen LogP contribution in [0.4, 0.5) is 0 Å². The lowest BCUT2D eigenvalue weighted by Gasteiger charge is -2.05. The van der Waals surface area contributed by atoms with Gasteiger partial charge in [-0.05, 0) is 12.8 Å². The first kappa shape index (κ1) is 4.91. The van der Waals surface area contributed by atoms with Gasteiger partial charge in [0.25, 0.3) is 0 Å². The molecule has 0 aromatic rings. The summed E-state index contributed by atoms with van der Waals surface area (Å²) in [6.07, 6.45) is 8.46. The third-order valence-electron chi connectivity index (χ3n) is 1.77. The Labute approximate surface area is 54.0 Å². The van der Waals surface area contributed by atoms with Crippen LogP contribution in [0.5, 0.6) is 0 Å². The summed E-state index contributed by atoms with van der Waals surface area (Å²) in [6.45, 7) is 0. The SMILES string of the molecule is C1=CC2CCC=C2N=N1. The van der Waals surface area contributed by atoms with E-state index in [4.69, 9.17) is 0 Å². The van der Waals surface area contributed by atoms with Crippen LogP contribution in [0.1, 0.15) is 12.8 Å². The Morgan fingerprint density at radius 1 is 1.56 bits per heavy atom. The van der Waals surface area contributed by atoms with Crippen LogP contribution in [0.15, 0.2) is 34.3 Å². The highest BCUT2D eigenvalue weighted by Crippen LogP contribution is 2.29. The van der Waals surface area contributed by atoms with E-state index in [2.05, 4.69) is 22.4 Å². The summed E-state index contributed by atoms with van der Waals surface area (Å²) in [5.41, 5.74) is 1.16. The molecule has 1 heterocycles. The zero-order valence-corrected chi connectivity index (χ0v) is 5.12. The van der Waals surface area contributed by atoms with Crippen molar-refractivity contribution in [3.8, 4) is 0 Å². The Morgan fingerprint density at radius 3 is 3.44 bits per heavy atom. The van der Waals surface area contributed by atoms with Crippen molar-refractivity contribution in [3.63, 3.8) is 0 Å². The lowest BCUT2D eigenvalue weighted by molar-refractivity contribution is 0.709. The molecule has 0 N–H and O–H groups in total. The Balaban J connectivity index is 2.33. The quantitative estimate of drug-likeness (QED) is 0.468. The molecule has 46 valence electrons. The molecule has 1 aliphatic carbocycles. The molecule has 2 aliphatic rings. The van der Waals surface area contributed by atoms with Gasteiger partial charge in [0, 0.05) is 12.1 Å². The van der Waals surface area contributed by atoms with E-state index in [1.807, 2.05) is 0 Å². The van der Waals surface area contributed by atoms with Gasteiger partial charge < -0.3 is 0 Å². The third kappa shape index (κ3) is 0.707. The molecule has 0 aromatic carbocycles. The smallest absolute Gasteiger partial charge is 0.0660 e. The minimum absolute atomic E-state index is 0.586. The van der Waals surface area contributed by atoms with Crippen LogP contribution in [0.3, 0.4) is 0 Å². The van der Waals surface area contributed by atoms with Gasteiger partial charge >= 0.3 is 0 Å². The number of hydrogen-bond acceptors (Lipinski definition) is 2. The van der Waals surface area contributed by atoms with E-state index >= 15 is 0 Å². The Morgan fingerprint density at radius 2 is 2.56 bits per heavy atom. The van der Waals surface area contributed by atoms with E-state index in [1.165, 1.54) is 12.8 Å². The minimum Gasteiger partial charge on any atom is -0.159 e. The highest BCUT2D eigenvalue weighted by Gasteiger charge is 2.17. The van der Waals surface area contributed by atoms with Gasteiger partial charge in [0.1, 0.15) is 0 Å². The molecule has 0 bridgehead atoms. The molecule has 2 nitrogen and oxygen atoms in total. The molecule has 2 heteroatoms. The summed E-state index contributed by atoms with van der Waals surface area (Å²) in [4.78, 5) is 0.